The van der Waals surface area contributed by atoms with E-state index in [-0.39, 0.29) is 0 Å². The first kappa shape index (κ1) is 10.9. The van der Waals surface area contributed by atoms with Gasteiger partial charge in [-0.15, -0.1) is 5.10 Å². The monoisotopic (exact) mass is 235 g/mol. The van der Waals surface area contributed by atoms with E-state index in [0.29, 0.717) is 11.4 Å². The maximum Gasteiger partial charge on any atom is 0.517 e. The largest absolute Gasteiger partial charge is 0.517 e. The van der Waals surface area contributed by atoms with Gasteiger partial charge in [0.25, 0.3) is 0 Å². The van der Waals surface area contributed by atoms with Crippen molar-refractivity contribution in [1.82, 2.24) is 19.9 Å². The number of hydrogen-bond acceptors (Lipinski definition) is 3. The fourth-order valence-electron chi connectivity index (χ4n) is 1.24. The summed E-state index contributed by atoms with van der Waals surface area (Å²) in [6.07, 6.45) is 0. The molecule has 0 amide bonds. The lowest BCUT2D eigenvalue weighted by Crippen LogP contribution is -2.12. The van der Waals surface area contributed by atoms with E-state index >= 15 is 0 Å². The van der Waals surface area contributed by atoms with Crippen molar-refractivity contribution in [3.05, 3.63) is 30.3 Å². The third kappa shape index (κ3) is 2.15. The molecule has 82 valence electrons. The summed E-state index contributed by atoms with van der Waals surface area (Å²) in [6.45, 7) is 0. The Kier molecular flexibility index (Phi) is 3.08. The molecule has 0 aliphatic rings. The molecule has 1 aromatic heterocycles. The summed E-state index contributed by atoms with van der Waals surface area (Å²) in [5.41, 5.74) is 1.27. The van der Waals surface area contributed by atoms with Crippen LogP contribution in [0.15, 0.2) is 30.3 Å². The molecular formula is C10H12N4OP+. The summed E-state index contributed by atoms with van der Waals surface area (Å²) in [5.74, 6) is 0.640. The number of nitrogens with one attached hydrogen (secondary N) is 1. The normalized spacial score (nSPS) is 11.8. The maximum atomic E-state index is 11.7. The van der Waals surface area contributed by atoms with Crippen LogP contribution >= 0.6 is 7.95 Å². The zero-order valence-electron chi connectivity index (χ0n) is 9.08. The van der Waals surface area contributed by atoms with Crippen LogP contribution in [0, 0.1) is 0 Å². The topological polar surface area (TPSA) is 61.9 Å². The van der Waals surface area contributed by atoms with E-state index in [1.807, 2.05) is 30.3 Å². The average molecular weight is 235 g/mol. The van der Waals surface area contributed by atoms with Gasteiger partial charge in [-0.05, 0) is 4.57 Å². The van der Waals surface area contributed by atoms with Gasteiger partial charge in [0.2, 0.25) is 0 Å². The summed E-state index contributed by atoms with van der Waals surface area (Å²) < 4.78 is 13.3. The average Bonchev–Trinajstić information content (AvgIpc) is 2.78. The molecule has 1 unspecified atom stereocenters. The highest BCUT2D eigenvalue weighted by Crippen LogP contribution is 2.21. The van der Waals surface area contributed by atoms with Gasteiger partial charge in [-0.2, -0.15) is 4.98 Å². The van der Waals surface area contributed by atoms with Crippen LogP contribution < -0.4 is 5.57 Å². The van der Waals surface area contributed by atoms with Crippen molar-refractivity contribution < 1.29 is 4.57 Å². The Labute approximate surface area is 94.4 Å². The number of aromatic nitrogens is 3. The van der Waals surface area contributed by atoms with Gasteiger partial charge in [-0.1, -0.05) is 35.0 Å². The molecule has 0 saturated heterocycles. The third-order valence-electron chi connectivity index (χ3n) is 2.06. The number of benzene rings is 1. The summed E-state index contributed by atoms with van der Waals surface area (Å²) in [5, 5.41) is 6.74. The maximum absolute atomic E-state index is 11.7. The van der Waals surface area contributed by atoms with Crippen molar-refractivity contribution in [3.8, 4) is 11.4 Å². The Morgan fingerprint density at radius 1 is 1.25 bits per heavy atom. The smallest absolute Gasteiger partial charge is 0.255 e. The predicted molar refractivity (Wildman–Crippen MR) is 62.7 cm³/mol. The van der Waals surface area contributed by atoms with Gasteiger partial charge in [-0.3, -0.25) is 5.10 Å². The van der Waals surface area contributed by atoms with Crippen molar-refractivity contribution in [2.24, 2.45) is 0 Å². The van der Waals surface area contributed by atoms with E-state index in [2.05, 4.69) is 15.2 Å². The van der Waals surface area contributed by atoms with E-state index < -0.39 is 7.95 Å². The molecule has 1 heterocycles. The van der Waals surface area contributed by atoms with Crippen LogP contribution in [0.4, 0.5) is 0 Å². The SMILES string of the molecule is CN(C)[P+](=O)c1n[nH]c(-c2ccccc2)n1. The van der Waals surface area contributed by atoms with Gasteiger partial charge >= 0.3 is 13.5 Å². The first-order chi connectivity index (χ1) is 7.68. The summed E-state index contributed by atoms with van der Waals surface area (Å²) in [4.78, 5) is 4.21. The van der Waals surface area contributed by atoms with Crippen LogP contribution in [0.2, 0.25) is 0 Å². The molecule has 2 aromatic rings. The highest BCUT2D eigenvalue weighted by Gasteiger charge is 2.29. The van der Waals surface area contributed by atoms with E-state index in [0.717, 1.165) is 5.56 Å². The molecule has 6 heteroatoms. The molecule has 5 nitrogen and oxygen atoms in total. The predicted octanol–water partition coefficient (Wildman–Crippen LogP) is 1.40. The van der Waals surface area contributed by atoms with Crippen LogP contribution in [-0.2, 0) is 4.57 Å². The molecule has 0 bridgehead atoms. The Morgan fingerprint density at radius 3 is 2.56 bits per heavy atom. The minimum absolute atomic E-state index is 0.332. The minimum atomic E-state index is -1.67. The van der Waals surface area contributed by atoms with Crippen LogP contribution in [0.1, 0.15) is 0 Å². The molecule has 0 spiro atoms. The van der Waals surface area contributed by atoms with E-state index in [4.69, 9.17) is 0 Å². The lowest BCUT2D eigenvalue weighted by molar-refractivity contribution is 0.542. The van der Waals surface area contributed by atoms with E-state index in [1.165, 1.54) is 0 Å². The fraction of sp³-hybridized carbons (Fsp3) is 0.200. The zero-order valence-corrected chi connectivity index (χ0v) is 9.98. The van der Waals surface area contributed by atoms with Crippen molar-refractivity contribution in [2.75, 3.05) is 14.1 Å². The van der Waals surface area contributed by atoms with Crippen LogP contribution in [-0.4, -0.2) is 33.9 Å². The number of aromatic amines is 1. The molecule has 0 fully saturated rings. The van der Waals surface area contributed by atoms with Gasteiger partial charge in [0.1, 0.15) is 0 Å². The second kappa shape index (κ2) is 4.51. The minimum Gasteiger partial charge on any atom is -0.255 e. The van der Waals surface area contributed by atoms with Gasteiger partial charge in [0, 0.05) is 19.7 Å². The van der Waals surface area contributed by atoms with Crippen LogP contribution in [0.5, 0.6) is 0 Å². The quantitative estimate of drug-likeness (QED) is 0.817. The molecule has 16 heavy (non-hydrogen) atoms. The molecule has 0 aliphatic carbocycles. The first-order valence-electron chi connectivity index (χ1n) is 4.81. The zero-order chi connectivity index (χ0) is 11.5. The molecular weight excluding hydrogens is 223 g/mol. The van der Waals surface area contributed by atoms with Crippen molar-refractivity contribution in [3.63, 3.8) is 0 Å². The Balaban J connectivity index is 2.30. The molecule has 0 aliphatic heterocycles. The lowest BCUT2D eigenvalue weighted by atomic mass is 10.2. The van der Waals surface area contributed by atoms with E-state index in [9.17, 15) is 4.57 Å². The molecule has 0 radical (unpaired) electrons. The van der Waals surface area contributed by atoms with Gasteiger partial charge in [0.05, 0.1) is 0 Å². The summed E-state index contributed by atoms with van der Waals surface area (Å²) in [6, 6.07) is 9.62. The Hall–Kier alpha value is -1.58. The second-order valence-electron chi connectivity index (χ2n) is 3.47. The van der Waals surface area contributed by atoms with Crippen molar-refractivity contribution >= 4 is 13.5 Å². The molecule has 0 saturated carbocycles. The number of nitrogens with zero attached hydrogens (tertiary/aromatic N) is 3. The molecule has 1 N–H and O–H groups in total. The number of rotatable bonds is 3. The fourth-order valence-corrected chi connectivity index (χ4v) is 1.92. The van der Waals surface area contributed by atoms with Gasteiger partial charge in [-0.25, -0.2) is 0 Å². The van der Waals surface area contributed by atoms with E-state index in [1.54, 1.807) is 18.8 Å². The molecule has 2 rings (SSSR count). The Morgan fingerprint density at radius 2 is 1.94 bits per heavy atom. The molecule has 1 atom stereocenters. The lowest BCUT2D eigenvalue weighted by Gasteiger charge is -1.91. The third-order valence-corrected chi connectivity index (χ3v) is 3.32. The first-order valence-corrected chi connectivity index (χ1v) is 6.02. The van der Waals surface area contributed by atoms with Crippen molar-refractivity contribution in [2.45, 2.75) is 0 Å². The second-order valence-corrected chi connectivity index (χ2v) is 5.22. The highest BCUT2D eigenvalue weighted by molar-refractivity contribution is 7.50. The summed E-state index contributed by atoms with van der Waals surface area (Å²) >= 11 is 0. The molecule has 1 aromatic carbocycles. The Bertz CT molecular complexity index is 495. The number of H-pyrrole nitrogens is 1. The van der Waals surface area contributed by atoms with Gasteiger partial charge < -0.3 is 0 Å². The highest BCUT2D eigenvalue weighted by atomic mass is 31.1. The summed E-state index contributed by atoms with van der Waals surface area (Å²) in [7, 11) is 1.79. The standard InChI is InChI=1S/C10H12N4OP/c1-14(2)16(15)10-11-9(12-13-10)8-6-4-3-5-7-8/h3-7H,1-2H3,(H,11,12,13)/q+1. The van der Waals surface area contributed by atoms with Crippen LogP contribution in [0.3, 0.4) is 0 Å². The van der Waals surface area contributed by atoms with Gasteiger partial charge in [0.15, 0.2) is 5.82 Å². The van der Waals surface area contributed by atoms with Crippen molar-refractivity contribution in [1.29, 1.82) is 0 Å². The van der Waals surface area contributed by atoms with Crippen LogP contribution in [0.25, 0.3) is 11.4 Å². The number of hydrogen-bond donors (Lipinski definition) is 1.